The van der Waals surface area contributed by atoms with E-state index in [1.165, 1.54) is 22.2 Å². The predicted octanol–water partition coefficient (Wildman–Crippen LogP) is 2.76. The lowest BCUT2D eigenvalue weighted by molar-refractivity contribution is 0.570. The van der Waals surface area contributed by atoms with Crippen LogP contribution in [0.2, 0.25) is 5.02 Å². The van der Waals surface area contributed by atoms with Gasteiger partial charge in [0.2, 0.25) is 0 Å². The van der Waals surface area contributed by atoms with Crippen LogP contribution in [-0.4, -0.2) is 33.0 Å². The number of rotatable bonds is 6. The minimum atomic E-state index is -4.09. The third kappa shape index (κ3) is 3.97. The molecule has 1 fully saturated rings. The summed E-state index contributed by atoms with van der Waals surface area (Å²) in [5, 5.41) is 8.00. The second-order valence-electron chi connectivity index (χ2n) is 5.48. The lowest BCUT2D eigenvalue weighted by atomic mass is 10.1. The zero-order valence-corrected chi connectivity index (χ0v) is 14.9. The summed E-state index contributed by atoms with van der Waals surface area (Å²) in [6.07, 6.45) is 1.04. The van der Waals surface area contributed by atoms with Crippen molar-refractivity contribution in [3.8, 4) is 0 Å². The molecular formula is C14H16ClFN4O2S2. The number of halogens is 2. The van der Waals surface area contributed by atoms with E-state index in [0.717, 1.165) is 31.6 Å². The molecule has 3 rings (SSSR count). The fraction of sp³-hybridized carbons (Fsp3) is 0.357. The van der Waals surface area contributed by atoms with E-state index in [4.69, 9.17) is 11.6 Å². The van der Waals surface area contributed by atoms with Gasteiger partial charge in [-0.05, 0) is 37.6 Å². The molecule has 1 atom stereocenters. The standard InChI is InChI=1S/C14H16ClFN4O2S2/c15-10-3-13(24(21,22)20-14-7-23-8-19-14)11(16)4-12(10)18-6-9-1-2-17-5-9/h3-4,7-9,17-18,20H,1-2,5-6H2/t9-/m0/s1. The molecule has 2 aromatic rings. The maximum Gasteiger partial charge on any atom is 0.266 e. The first-order valence-corrected chi connectivity index (χ1v) is 10.1. The first-order valence-electron chi connectivity index (χ1n) is 7.30. The molecule has 0 amide bonds. The summed E-state index contributed by atoms with van der Waals surface area (Å²) < 4.78 is 41.1. The highest BCUT2D eigenvalue weighted by atomic mass is 35.5. The molecule has 10 heteroatoms. The fourth-order valence-electron chi connectivity index (χ4n) is 2.47. The zero-order valence-electron chi connectivity index (χ0n) is 12.6. The molecule has 1 aliphatic heterocycles. The van der Waals surface area contributed by atoms with Crippen LogP contribution in [0.4, 0.5) is 15.9 Å². The van der Waals surface area contributed by atoms with E-state index >= 15 is 0 Å². The molecule has 1 saturated heterocycles. The summed E-state index contributed by atoms with van der Waals surface area (Å²) in [6, 6.07) is 2.22. The van der Waals surface area contributed by atoms with Crippen LogP contribution in [0.15, 0.2) is 27.9 Å². The molecule has 1 aliphatic rings. The Labute approximate surface area is 148 Å². The van der Waals surface area contributed by atoms with Gasteiger partial charge in [-0.25, -0.2) is 17.8 Å². The summed E-state index contributed by atoms with van der Waals surface area (Å²) in [5.74, 6) is -0.278. The van der Waals surface area contributed by atoms with Crippen molar-refractivity contribution in [2.75, 3.05) is 29.7 Å². The van der Waals surface area contributed by atoms with Crippen molar-refractivity contribution in [3.63, 3.8) is 0 Å². The van der Waals surface area contributed by atoms with Crippen LogP contribution in [0.3, 0.4) is 0 Å². The Morgan fingerprint density at radius 3 is 2.96 bits per heavy atom. The average molecular weight is 391 g/mol. The predicted molar refractivity (Wildman–Crippen MR) is 93.8 cm³/mol. The molecule has 0 aliphatic carbocycles. The molecule has 0 unspecified atom stereocenters. The summed E-state index contributed by atoms with van der Waals surface area (Å²) in [5.41, 5.74) is 1.86. The monoisotopic (exact) mass is 390 g/mol. The lowest BCUT2D eigenvalue weighted by Crippen LogP contribution is -2.18. The highest BCUT2D eigenvalue weighted by Gasteiger charge is 2.23. The van der Waals surface area contributed by atoms with Crippen molar-refractivity contribution in [1.29, 1.82) is 0 Å². The minimum Gasteiger partial charge on any atom is -0.383 e. The van der Waals surface area contributed by atoms with Gasteiger partial charge in [-0.15, -0.1) is 11.3 Å². The molecule has 6 nitrogen and oxygen atoms in total. The highest BCUT2D eigenvalue weighted by Crippen LogP contribution is 2.29. The van der Waals surface area contributed by atoms with Crippen LogP contribution in [0.25, 0.3) is 0 Å². The second kappa shape index (κ2) is 7.22. The van der Waals surface area contributed by atoms with Crippen molar-refractivity contribution in [2.45, 2.75) is 11.3 Å². The number of sulfonamides is 1. The van der Waals surface area contributed by atoms with Crippen molar-refractivity contribution >= 4 is 44.5 Å². The van der Waals surface area contributed by atoms with Crippen LogP contribution in [0, 0.1) is 11.7 Å². The largest absolute Gasteiger partial charge is 0.383 e. The number of hydrogen-bond acceptors (Lipinski definition) is 6. The van der Waals surface area contributed by atoms with Crippen LogP contribution in [0.1, 0.15) is 6.42 Å². The maximum absolute atomic E-state index is 14.3. The highest BCUT2D eigenvalue weighted by molar-refractivity contribution is 7.92. The molecular weight excluding hydrogens is 375 g/mol. The average Bonchev–Trinajstić information content (AvgIpc) is 3.20. The molecule has 0 spiro atoms. The van der Waals surface area contributed by atoms with Gasteiger partial charge in [-0.2, -0.15) is 0 Å². The Bertz CT molecular complexity index is 808. The molecule has 0 bridgehead atoms. The van der Waals surface area contributed by atoms with Gasteiger partial charge in [0.05, 0.1) is 16.2 Å². The number of thiazole rings is 1. The fourth-order valence-corrected chi connectivity index (χ4v) is 4.41. The van der Waals surface area contributed by atoms with E-state index < -0.39 is 20.7 Å². The zero-order chi connectivity index (χ0) is 17.2. The molecule has 3 N–H and O–H groups in total. The van der Waals surface area contributed by atoms with Gasteiger partial charge in [0.15, 0.2) is 5.82 Å². The van der Waals surface area contributed by atoms with E-state index in [-0.39, 0.29) is 10.8 Å². The molecule has 0 saturated carbocycles. The Morgan fingerprint density at radius 1 is 1.46 bits per heavy atom. The molecule has 130 valence electrons. The summed E-state index contributed by atoms with van der Waals surface area (Å²) in [4.78, 5) is 3.32. The topological polar surface area (TPSA) is 83.1 Å². The SMILES string of the molecule is O=S(=O)(Nc1cscn1)c1cc(Cl)c(NC[C@H]2CCNC2)cc1F. The summed E-state index contributed by atoms with van der Waals surface area (Å²) in [6.45, 7) is 2.51. The molecule has 2 heterocycles. The van der Waals surface area contributed by atoms with E-state index in [1.54, 1.807) is 0 Å². The van der Waals surface area contributed by atoms with E-state index in [0.29, 0.717) is 18.2 Å². The first kappa shape index (κ1) is 17.4. The van der Waals surface area contributed by atoms with Gasteiger partial charge in [0.1, 0.15) is 10.7 Å². The van der Waals surface area contributed by atoms with Gasteiger partial charge in [0.25, 0.3) is 10.0 Å². The van der Waals surface area contributed by atoms with Crippen LogP contribution in [0.5, 0.6) is 0 Å². The van der Waals surface area contributed by atoms with Crippen molar-refractivity contribution in [1.82, 2.24) is 10.3 Å². The summed E-state index contributed by atoms with van der Waals surface area (Å²) in [7, 11) is -4.09. The normalized spacial score (nSPS) is 17.8. The Morgan fingerprint density at radius 2 is 2.29 bits per heavy atom. The van der Waals surface area contributed by atoms with Gasteiger partial charge in [-0.1, -0.05) is 11.6 Å². The lowest BCUT2D eigenvalue weighted by Gasteiger charge is -2.14. The number of nitrogens with zero attached hydrogens (tertiary/aromatic N) is 1. The maximum atomic E-state index is 14.3. The van der Waals surface area contributed by atoms with Crippen molar-refractivity contribution in [2.24, 2.45) is 5.92 Å². The Balaban J connectivity index is 1.78. The van der Waals surface area contributed by atoms with Gasteiger partial charge >= 0.3 is 0 Å². The quantitative estimate of drug-likeness (QED) is 0.706. The van der Waals surface area contributed by atoms with Crippen LogP contribution >= 0.6 is 22.9 Å². The van der Waals surface area contributed by atoms with Crippen molar-refractivity contribution in [3.05, 3.63) is 33.9 Å². The molecule has 24 heavy (non-hydrogen) atoms. The van der Waals surface area contributed by atoms with Crippen LogP contribution in [-0.2, 0) is 10.0 Å². The third-order valence-corrected chi connectivity index (χ3v) is 5.99. The Kier molecular flexibility index (Phi) is 5.24. The van der Waals surface area contributed by atoms with Gasteiger partial charge < -0.3 is 10.6 Å². The number of hydrogen-bond donors (Lipinski definition) is 3. The molecule has 1 aromatic carbocycles. The van der Waals surface area contributed by atoms with Gasteiger partial charge in [0, 0.05) is 11.9 Å². The molecule has 0 radical (unpaired) electrons. The second-order valence-corrected chi connectivity index (χ2v) is 8.26. The number of benzene rings is 1. The first-order chi connectivity index (χ1) is 11.5. The van der Waals surface area contributed by atoms with E-state index in [9.17, 15) is 12.8 Å². The Hall–Kier alpha value is -1.42. The third-order valence-electron chi connectivity index (χ3n) is 3.73. The number of aromatic nitrogens is 1. The minimum absolute atomic E-state index is 0.145. The smallest absolute Gasteiger partial charge is 0.266 e. The number of nitrogens with one attached hydrogen (secondary N) is 3. The molecule has 1 aromatic heterocycles. The number of anilines is 2. The van der Waals surface area contributed by atoms with E-state index in [1.807, 2.05) is 0 Å². The summed E-state index contributed by atoms with van der Waals surface area (Å²) >= 11 is 7.36. The van der Waals surface area contributed by atoms with Gasteiger partial charge in [-0.3, -0.25) is 4.72 Å². The van der Waals surface area contributed by atoms with Crippen LogP contribution < -0.4 is 15.4 Å². The van der Waals surface area contributed by atoms with Crippen molar-refractivity contribution < 1.29 is 12.8 Å². The van der Waals surface area contributed by atoms with E-state index in [2.05, 4.69) is 20.3 Å².